The molecular weight excluding hydrogens is 396 g/mol. The van der Waals surface area contributed by atoms with Gasteiger partial charge in [-0.05, 0) is 36.3 Å². The van der Waals surface area contributed by atoms with Gasteiger partial charge in [0.2, 0.25) is 5.91 Å². The molecule has 0 bridgehead atoms. The zero-order chi connectivity index (χ0) is 22.7. The van der Waals surface area contributed by atoms with Crippen LogP contribution in [0.5, 0.6) is 0 Å². The van der Waals surface area contributed by atoms with Gasteiger partial charge < -0.3 is 15.8 Å². The van der Waals surface area contributed by atoms with Gasteiger partial charge in [0.1, 0.15) is 11.8 Å². The zero-order valence-electron chi connectivity index (χ0n) is 18.7. The Morgan fingerprint density at radius 3 is 2.61 bits per heavy atom. The smallest absolute Gasteiger partial charge is 0.240 e. The predicted molar refractivity (Wildman–Crippen MR) is 117 cm³/mol. The van der Waals surface area contributed by atoms with Crippen molar-refractivity contribution in [3.05, 3.63) is 41.7 Å². The minimum absolute atomic E-state index is 0.168. The molecule has 9 heteroatoms. The van der Waals surface area contributed by atoms with Crippen molar-refractivity contribution in [2.75, 3.05) is 6.61 Å². The summed E-state index contributed by atoms with van der Waals surface area (Å²) >= 11 is 0. The van der Waals surface area contributed by atoms with Crippen LogP contribution in [0.3, 0.4) is 0 Å². The molecule has 0 aliphatic rings. The maximum absolute atomic E-state index is 12.5. The van der Waals surface area contributed by atoms with Crippen molar-refractivity contribution in [1.82, 2.24) is 25.5 Å². The van der Waals surface area contributed by atoms with E-state index in [9.17, 15) is 9.59 Å². The summed E-state index contributed by atoms with van der Waals surface area (Å²) in [7, 11) is 0. The third-order valence-corrected chi connectivity index (χ3v) is 4.82. The average molecular weight is 431 g/mol. The second-order valence-corrected chi connectivity index (χ2v) is 8.25. The van der Waals surface area contributed by atoms with Crippen LogP contribution in [0.1, 0.15) is 70.3 Å². The number of hydrogen-bond acceptors (Lipinski definition) is 7. The number of unbranched alkanes of at least 4 members (excludes halogenated alkanes) is 2. The minimum atomic E-state index is -1.06. The van der Waals surface area contributed by atoms with Crippen molar-refractivity contribution in [3.8, 4) is 0 Å². The van der Waals surface area contributed by atoms with Crippen LogP contribution in [0, 0.1) is 0 Å². The maximum Gasteiger partial charge on any atom is 0.240 e. The highest BCUT2D eigenvalue weighted by atomic mass is 16.5. The van der Waals surface area contributed by atoms with Gasteiger partial charge in [0, 0.05) is 12.8 Å². The molecule has 0 fully saturated rings. The third-order valence-electron chi connectivity index (χ3n) is 4.82. The van der Waals surface area contributed by atoms with Crippen LogP contribution in [-0.2, 0) is 27.5 Å². The minimum Gasteiger partial charge on any atom is -0.374 e. The number of rotatable bonds is 14. The predicted octanol–water partition coefficient (Wildman–Crippen LogP) is 2.32. The summed E-state index contributed by atoms with van der Waals surface area (Å²) in [5.41, 5.74) is 5.89. The zero-order valence-corrected chi connectivity index (χ0v) is 18.7. The molecule has 2 rings (SSSR count). The summed E-state index contributed by atoms with van der Waals surface area (Å²) in [5, 5.41) is 14.7. The van der Waals surface area contributed by atoms with Gasteiger partial charge in [-0.1, -0.05) is 50.1 Å². The van der Waals surface area contributed by atoms with Crippen LogP contribution in [0.15, 0.2) is 30.3 Å². The largest absolute Gasteiger partial charge is 0.374 e. The van der Waals surface area contributed by atoms with E-state index in [1.165, 1.54) is 0 Å². The van der Waals surface area contributed by atoms with Crippen molar-refractivity contribution >= 4 is 11.7 Å². The Hall–Kier alpha value is -2.65. The average Bonchev–Trinajstić information content (AvgIpc) is 3.20. The van der Waals surface area contributed by atoms with Gasteiger partial charge in [-0.3, -0.25) is 9.59 Å². The number of nitrogens with two attached hydrogens (primary N) is 1. The molecule has 170 valence electrons. The number of hydrogen-bond donors (Lipinski definition) is 2. The normalized spacial score (nSPS) is 12.5. The Labute approximate surface area is 183 Å². The van der Waals surface area contributed by atoms with Gasteiger partial charge in [0.05, 0.1) is 25.3 Å². The summed E-state index contributed by atoms with van der Waals surface area (Å²) in [6, 6.07) is 9.15. The van der Waals surface area contributed by atoms with E-state index in [0.29, 0.717) is 31.8 Å². The van der Waals surface area contributed by atoms with Crippen LogP contribution in [0.2, 0.25) is 0 Å². The number of amides is 1. The Balaban J connectivity index is 2.04. The van der Waals surface area contributed by atoms with Crippen molar-refractivity contribution < 1.29 is 14.3 Å². The number of aryl methyl sites for hydroxylation is 1. The number of nitrogens with one attached hydrogen (secondary N) is 1. The standard InChI is InChI=1S/C22H34N6O3/c1-4-5-7-12-18(29)13-14-28-20(25-26-27-28)19(24-21(30)22(2,3)23)16-31-15-17-10-8-6-9-11-17/h6,8-11,19H,4-5,7,12-16,23H2,1-3H3,(H,24,30)/t19-/m1/s1. The van der Waals surface area contributed by atoms with E-state index in [1.807, 2.05) is 30.3 Å². The van der Waals surface area contributed by atoms with Gasteiger partial charge in [-0.15, -0.1) is 5.10 Å². The van der Waals surface area contributed by atoms with E-state index in [2.05, 4.69) is 27.8 Å². The van der Waals surface area contributed by atoms with Crippen LogP contribution >= 0.6 is 0 Å². The van der Waals surface area contributed by atoms with Crippen molar-refractivity contribution in [2.24, 2.45) is 5.73 Å². The first-order chi connectivity index (χ1) is 14.8. The molecule has 1 heterocycles. The molecule has 1 atom stereocenters. The molecule has 0 radical (unpaired) electrons. The summed E-state index contributed by atoms with van der Waals surface area (Å²) in [4.78, 5) is 24.6. The third kappa shape index (κ3) is 8.55. The topological polar surface area (TPSA) is 125 Å². The summed E-state index contributed by atoms with van der Waals surface area (Å²) < 4.78 is 7.39. The van der Waals surface area contributed by atoms with E-state index in [0.717, 1.165) is 24.8 Å². The molecule has 2 aromatic rings. The number of tetrazole rings is 1. The van der Waals surface area contributed by atoms with Gasteiger partial charge in [0.25, 0.3) is 0 Å². The molecule has 0 saturated heterocycles. The molecule has 0 saturated carbocycles. The number of Topliss-reactive ketones (excluding diaryl/α,β-unsaturated/α-hetero) is 1. The Bertz CT molecular complexity index is 816. The van der Waals surface area contributed by atoms with Crippen LogP contribution in [-0.4, -0.2) is 44.0 Å². The molecule has 31 heavy (non-hydrogen) atoms. The first-order valence-electron chi connectivity index (χ1n) is 10.8. The lowest BCUT2D eigenvalue weighted by Gasteiger charge is -2.23. The lowest BCUT2D eigenvalue weighted by molar-refractivity contribution is -0.126. The molecule has 1 aromatic heterocycles. The SMILES string of the molecule is CCCCCC(=O)CCn1nnnc1[C@@H](COCc1ccccc1)NC(=O)C(C)(C)N. The lowest BCUT2D eigenvalue weighted by Crippen LogP contribution is -2.51. The number of aromatic nitrogens is 4. The number of ketones is 1. The van der Waals surface area contributed by atoms with Gasteiger partial charge in [0.15, 0.2) is 5.82 Å². The van der Waals surface area contributed by atoms with E-state index in [1.54, 1.807) is 18.5 Å². The van der Waals surface area contributed by atoms with Gasteiger partial charge in [-0.25, -0.2) is 4.68 Å². The first kappa shape index (κ1) is 24.6. The molecule has 0 spiro atoms. The molecular formula is C22H34N6O3. The molecule has 1 amide bonds. The molecule has 0 aliphatic carbocycles. The monoisotopic (exact) mass is 430 g/mol. The molecule has 0 aliphatic heterocycles. The van der Waals surface area contributed by atoms with Crippen molar-refractivity contribution in [3.63, 3.8) is 0 Å². The van der Waals surface area contributed by atoms with Crippen LogP contribution < -0.4 is 11.1 Å². The highest BCUT2D eigenvalue weighted by molar-refractivity contribution is 5.85. The van der Waals surface area contributed by atoms with E-state index in [4.69, 9.17) is 10.5 Å². The summed E-state index contributed by atoms with van der Waals surface area (Å²) in [6.07, 6.45) is 3.92. The second-order valence-electron chi connectivity index (χ2n) is 8.25. The molecule has 0 unspecified atom stereocenters. The fourth-order valence-electron chi connectivity index (χ4n) is 2.94. The van der Waals surface area contributed by atoms with Gasteiger partial charge >= 0.3 is 0 Å². The maximum atomic E-state index is 12.5. The summed E-state index contributed by atoms with van der Waals surface area (Å²) in [5.74, 6) is 0.275. The number of benzene rings is 1. The van der Waals surface area contributed by atoms with E-state index in [-0.39, 0.29) is 18.3 Å². The lowest BCUT2D eigenvalue weighted by atomic mass is 10.1. The van der Waals surface area contributed by atoms with E-state index >= 15 is 0 Å². The fourth-order valence-corrected chi connectivity index (χ4v) is 2.94. The second kappa shape index (κ2) is 12.3. The number of carbonyl (C=O) groups is 2. The molecule has 3 N–H and O–H groups in total. The molecule has 1 aromatic carbocycles. The van der Waals surface area contributed by atoms with E-state index < -0.39 is 11.6 Å². The van der Waals surface area contributed by atoms with Crippen molar-refractivity contribution in [1.29, 1.82) is 0 Å². The van der Waals surface area contributed by atoms with Crippen molar-refractivity contribution in [2.45, 2.75) is 77.6 Å². The quantitative estimate of drug-likeness (QED) is 0.441. The fraction of sp³-hybridized carbons (Fsp3) is 0.591. The highest BCUT2D eigenvalue weighted by Gasteiger charge is 2.28. The Morgan fingerprint density at radius 2 is 1.94 bits per heavy atom. The summed E-state index contributed by atoms with van der Waals surface area (Å²) in [6.45, 7) is 6.27. The number of carbonyl (C=O) groups excluding carboxylic acids is 2. The van der Waals surface area contributed by atoms with Gasteiger partial charge in [-0.2, -0.15) is 0 Å². The van der Waals surface area contributed by atoms with Crippen LogP contribution in [0.25, 0.3) is 0 Å². The number of nitrogens with zero attached hydrogens (tertiary/aromatic N) is 4. The number of ether oxygens (including phenoxy) is 1. The first-order valence-corrected chi connectivity index (χ1v) is 10.8. The van der Waals surface area contributed by atoms with Crippen LogP contribution in [0.4, 0.5) is 0 Å². The Kier molecular flexibility index (Phi) is 9.74. The highest BCUT2D eigenvalue weighted by Crippen LogP contribution is 2.14. The molecule has 9 nitrogen and oxygen atoms in total. The Morgan fingerprint density at radius 1 is 1.19 bits per heavy atom.